The number of aliphatic hydroxyl groups excluding tert-OH is 1. The normalized spacial score (nSPS) is 18.5. The average Bonchev–Trinajstić information content (AvgIpc) is 3.20. The molecule has 1 aromatic heterocycles. The van der Waals surface area contributed by atoms with E-state index in [0.717, 1.165) is 47.9 Å². The second kappa shape index (κ2) is 9.19. The van der Waals surface area contributed by atoms with Crippen molar-refractivity contribution in [2.45, 2.75) is 51.7 Å². The number of halogens is 3. The van der Waals surface area contributed by atoms with E-state index in [-0.39, 0.29) is 17.6 Å². The number of fused-ring (bicyclic) bond motifs is 1. The Morgan fingerprint density at radius 1 is 1.15 bits per heavy atom. The Morgan fingerprint density at radius 2 is 1.94 bits per heavy atom. The molecule has 33 heavy (non-hydrogen) atoms. The molecule has 0 amide bonds. The summed E-state index contributed by atoms with van der Waals surface area (Å²) in [5.41, 5.74) is 2.93. The highest BCUT2D eigenvalue weighted by Crippen LogP contribution is 2.36. The SMILES string of the molecule is Cc1c([C@@H](C)Nc2ccnc3ccc(N4CC[C@H](NC(C)O)C4)cc23)cccc1C(F)(F)F. The van der Waals surface area contributed by atoms with Crippen LogP contribution in [0, 0.1) is 6.92 Å². The van der Waals surface area contributed by atoms with Gasteiger partial charge in [-0.25, -0.2) is 0 Å². The third-order valence-electron chi connectivity index (χ3n) is 6.28. The Kier molecular flexibility index (Phi) is 6.50. The number of pyridine rings is 1. The van der Waals surface area contributed by atoms with Crippen molar-refractivity contribution in [3.8, 4) is 0 Å². The van der Waals surface area contributed by atoms with Gasteiger partial charge >= 0.3 is 6.18 Å². The van der Waals surface area contributed by atoms with Gasteiger partial charge in [0.2, 0.25) is 0 Å². The van der Waals surface area contributed by atoms with Crippen molar-refractivity contribution in [2.75, 3.05) is 23.3 Å². The molecule has 0 radical (unpaired) electrons. The molecule has 3 aromatic rings. The van der Waals surface area contributed by atoms with Gasteiger partial charge in [-0.15, -0.1) is 0 Å². The number of alkyl halides is 3. The van der Waals surface area contributed by atoms with Gasteiger partial charge in [0.05, 0.1) is 11.1 Å². The van der Waals surface area contributed by atoms with Crippen LogP contribution in [0.15, 0.2) is 48.7 Å². The van der Waals surface area contributed by atoms with Crippen LogP contribution in [-0.2, 0) is 6.18 Å². The highest BCUT2D eigenvalue weighted by molar-refractivity contribution is 5.93. The fraction of sp³-hybridized carbons (Fsp3) is 0.400. The molecular weight excluding hydrogens is 429 g/mol. The lowest BCUT2D eigenvalue weighted by Crippen LogP contribution is -2.38. The molecule has 0 spiro atoms. The summed E-state index contributed by atoms with van der Waals surface area (Å²) >= 11 is 0. The van der Waals surface area contributed by atoms with Gasteiger partial charge in [-0.1, -0.05) is 12.1 Å². The van der Waals surface area contributed by atoms with E-state index in [0.29, 0.717) is 5.56 Å². The molecule has 1 aliphatic heterocycles. The molecule has 1 saturated heterocycles. The second-order valence-corrected chi connectivity index (χ2v) is 8.72. The lowest BCUT2D eigenvalue weighted by Gasteiger charge is -2.23. The summed E-state index contributed by atoms with van der Waals surface area (Å²) in [6.45, 7) is 6.77. The first-order valence-electron chi connectivity index (χ1n) is 11.1. The molecule has 4 rings (SSSR count). The van der Waals surface area contributed by atoms with Crippen LogP contribution in [0.2, 0.25) is 0 Å². The third kappa shape index (κ3) is 5.07. The van der Waals surface area contributed by atoms with Gasteiger partial charge in [0.1, 0.15) is 6.23 Å². The molecule has 0 saturated carbocycles. The lowest BCUT2D eigenvalue weighted by molar-refractivity contribution is -0.138. The number of aromatic nitrogens is 1. The van der Waals surface area contributed by atoms with Gasteiger partial charge in [0.15, 0.2) is 0 Å². The van der Waals surface area contributed by atoms with E-state index in [4.69, 9.17) is 0 Å². The fourth-order valence-electron chi connectivity index (χ4n) is 4.67. The summed E-state index contributed by atoms with van der Waals surface area (Å²) in [6, 6.07) is 12.1. The number of anilines is 2. The summed E-state index contributed by atoms with van der Waals surface area (Å²) in [4.78, 5) is 6.72. The first kappa shape index (κ1) is 23.3. The largest absolute Gasteiger partial charge is 0.416 e. The first-order valence-corrected chi connectivity index (χ1v) is 11.1. The van der Waals surface area contributed by atoms with Crippen molar-refractivity contribution in [2.24, 2.45) is 0 Å². The first-order chi connectivity index (χ1) is 15.6. The maximum atomic E-state index is 13.4. The summed E-state index contributed by atoms with van der Waals surface area (Å²) in [5, 5.41) is 17.1. The van der Waals surface area contributed by atoms with Crippen LogP contribution >= 0.6 is 0 Å². The van der Waals surface area contributed by atoms with Gasteiger partial charge in [-0.2, -0.15) is 13.2 Å². The van der Waals surface area contributed by atoms with E-state index in [9.17, 15) is 18.3 Å². The molecule has 2 aromatic carbocycles. The lowest BCUT2D eigenvalue weighted by atomic mass is 9.97. The molecular formula is C25H29F3N4O. The minimum atomic E-state index is -4.38. The van der Waals surface area contributed by atoms with E-state index in [1.807, 2.05) is 25.1 Å². The van der Waals surface area contributed by atoms with Crippen LogP contribution in [0.3, 0.4) is 0 Å². The molecule has 8 heteroatoms. The van der Waals surface area contributed by atoms with Crippen molar-refractivity contribution < 1.29 is 18.3 Å². The van der Waals surface area contributed by atoms with Crippen LogP contribution in [0.4, 0.5) is 24.5 Å². The zero-order valence-electron chi connectivity index (χ0n) is 18.9. The standard InChI is InChI=1S/C25H29F3N4O/c1-15-20(5-4-6-22(15)25(26,27)28)16(2)30-24-9-11-29-23-8-7-19(13-21(23)24)32-12-10-18(14-32)31-17(3)33/h4-9,11,13,16-18,31,33H,10,12,14H2,1-3H3,(H,29,30)/t16-,17?,18+/m1/s1. The molecule has 3 atom stereocenters. The van der Waals surface area contributed by atoms with Crippen LogP contribution in [0.1, 0.15) is 43.0 Å². The second-order valence-electron chi connectivity index (χ2n) is 8.72. The minimum Gasteiger partial charge on any atom is -0.379 e. The van der Waals surface area contributed by atoms with Crippen LogP contribution in [-0.4, -0.2) is 35.4 Å². The average molecular weight is 459 g/mol. The van der Waals surface area contributed by atoms with Crippen molar-refractivity contribution >= 4 is 22.3 Å². The van der Waals surface area contributed by atoms with Crippen LogP contribution < -0.4 is 15.5 Å². The van der Waals surface area contributed by atoms with Crippen LogP contribution in [0.5, 0.6) is 0 Å². The van der Waals surface area contributed by atoms with Gasteiger partial charge in [-0.05, 0) is 68.7 Å². The van der Waals surface area contributed by atoms with Crippen molar-refractivity contribution in [3.05, 3.63) is 65.4 Å². The number of nitrogens with one attached hydrogen (secondary N) is 2. The number of aliphatic hydroxyl groups is 1. The molecule has 0 bridgehead atoms. The molecule has 0 aliphatic carbocycles. The van der Waals surface area contributed by atoms with E-state index in [1.54, 1.807) is 19.2 Å². The molecule has 1 unspecified atom stereocenters. The zero-order chi connectivity index (χ0) is 23.8. The highest BCUT2D eigenvalue weighted by Gasteiger charge is 2.33. The van der Waals surface area contributed by atoms with E-state index >= 15 is 0 Å². The van der Waals surface area contributed by atoms with Gasteiger partial charge in [-0.3, -0.25) is 10.3 Å². The predicted molar refractivity (Wildman–Crippen MR) is 125 cm³/mol. The monoisotopic (exact) mass is 458 g/mol. The quantitative estimate of drug-likeness (QED) is 0.441. The predicted octanol–water partition coefficient (Wildman–Crippen LogP) is 5.24. The van der Waals surface area contributed by atoms with Crippen molar-refractivity contribution in [1.29, 1.82) is 0 Å². The number of hydrogen-bond donors (Lipinski definition) is 3. The highest BCUT2D eigenvalue weighted by atomic mass is 19.4. The topological polar surface area (TPSA) is 60.4 Å². The van der Waals surface area contributed by atoms with E-state index in [2.05, 4.69) is 26.6 Å². The molecule has 5 nitrogen and oxygen atoms in total. The van der Waals surface area contributed by atoms with Crippen molar-refractivity contribution in [1.82, 2.24) is 10.3 Å². The summed E-state index contributed by atoms with van der Waals surface area (Å²) < 4.78 is 40.1. The molecule has 176 valence electrons. The molecule has 1 fully saturated rings. The summed E-state index contributed by atoms with van der Waals surface area (Å²) in [6.07, 6.45) is -2.29. The van der Waals surface area contributed by atoms with Crippen molar-refractivity contribution in [3.63, 3.8) is 0 Å². The van der Waals surface area contributed by atoms with Gasteiger partial charge in [0.25, 0.3) is 0 Å². The van der Waals surface area contributed by atoms with Crippen LogP contribution in [0.25, 0.3) is 10.9 Å². The van der Waals surface area contributed by atoms with Gasteiger partial charge < -0.3 is 15.3 Å². The zero-order valence-corrected chi connectivity index (χ0v) is 18.9. The number of benzene rings is 2. The molecule has 3 N–H and O–H groups in total. The Hall–Kier alpha value is -2.84. The fourth-order valence-corrected chi connectivity index (χ4v) is 4.67. The van der Waals surface area contributed by atoms with E-state index in [1.165, 1.54) is 13.0 Å². The maximum absolute atomic E-state index is 13.4. The molecule has 1 aliphatic rings. The number of nitrogens with zero attached hydrogens (tertiary/aromatic N) is 2. The smallest absolute Gasteiger partial charge is 0.379 e. The number of rotatable bonds is 6. The summed E-state index contributed by atoms with van der Waals surface area (Å²) in [7, 11) is 0. The van der Waals surface area contributed by atoms with E-state index < -0.39 is 18.0 Å². The minimum absolute atomic E-state index is 0.219. The van der Waals surface area contributed by atoms with Gasteiger partial charge in [0, 0.05) is 48.1 Å². The third-order valence-corrected chi connectivity index (χ3v) is 6.28. The maximum Gasteiger partial charge on any atom is 0.416 e. The molecule has 2 heterocycles. The number of hydrogen-bond acceptors (Lipinski definition) is 5. The summed E-state index contributed by atoms with van der Waals surface area (Å²) in [5.74, 6) is 0. The Balaban J connectivity index is 1.61. The Morgan fingerprint density at radius 3 is 2.67 bits per heavy atom. The Bertz CT molecular complexity index is 1130. The Labute approximate surface area is 191 Å².